The van der Waals surface area contributed by atoms with Crippen LogP contribution >= 0.6 is 0 Å². The van der Waals surface area contributed by atoms with Gasteiger partial charge < -0.3 is 19.3 Å². The Morgan fingerprint density at radius 2 is 1.74 bits per heavy atom. The lowest BCUT2D eigenvalue weighted by Gasteiger charge is -2.33. The van der Waals surface area contributed by atoms with Gasteiger partial charge in [0.15, 0.2) is 11.5 Å². The van der Waals surface area contributed by atoms with Gasteiger partial charge in [-0.15, -0.1) is 0 Å². The fraction of sp³-hybridized carbons (Fsp3) is 0.611. The molecule has 152 valence electrons. The molecule has 1 amide bonds. The first kappa shape index (κ1) is 21.5. The summed E-state index contributed by atoms with van der Waals surface area (Å²) >= 11 is 0. The lowest BCUT2D eigenvalue weighted by Crippen LogP contribution is -2.47. The van der Waals surface area contributed by atoms with Crippen LogP contribution in [-0.4, -0.2) is 88.7 Å². The fourth-order valence-electron chi connectivity index (χ4n) is 2.98. The first-order valence-electron chi connectivity index (χ1n) is 8.87. The van der Waals surface area contributed by atoms with Gasteiger partial charge >= 0.3 is 0 Å². The van der Waals surface area contributed by atoms with Crippen LogP contribution in [0.5, 0.6) is 11.5 Å². The van der Waals surface area contributed by atoms with Crippen molar-refractivity contribution in [3.8, 4) is 11.5 Å². The third kappa shape index (κ3) is 6.08. The van der Waals surface area contributed by atoms with Crippen molar-refractivity contribution >= 4 is 15.9 Å². The summed E-state index contributed by atoms with van der Waals surface area (Å²) in [5, 5.41) is 0. The molecule has 0 unspecified atom stereocenters. The predicted octanol–water partition coefficient (Wildman–Crippen LogP) is 0.630. The third-order valence-corrected chi connectivity index (χ3v) is 5.96. The van der Waals surface area contributed by atoms with E-state index in [4.69, 9.17) is 9.47 Å². The number of rotatable bonds is 8. The number of ether oxygens (including phenoxy) is 2. The first-order valence-corrected chi connectivity index (χ1v) is 10.7. The summed E-state index contributed by atoms with van der Waals surface area (Å²) < 4.78 is 36.2. The van der Waals surface area contributed by atoms with E-state index in [1.165, 1.54) is 11.4 Å². The minimum atomic E-state index is -3.45. The van der Waals surface area contributed by atoms with Gasteiger partial charge in [0.05, 0.1) is 20.5 Å². The highest BCUT2D eigenvalue weighted by Crippen LogP contribution is 2.28. The summed E-state index contributed by atoms with van der Waals surface area (Å²) in [6.45, 7) is 3.38. The maximum absolute atomic E-state index is 12.4. The molecule has 1 aromatic rings. The zero-order chi connectivity index (χ0) is 20.0. The van der Waals surface area contributed by atoms with Crippen molar-refractivity contribution in [3.63, 3.8) is 0 Å². The SMILES string of the molecule is COc1ccc(CN(CCC(=O)N2CCN(C)CC2)S(C)(=O)=O)cc1OC. The molecule has 2 rings (SSSR count). The molecule has 0 aliphatic carbocycles. The number of hydrogen-bond acceptors (Lipinski definition) is 6. The first-order chi connectivity index (χ1) is 12.7. The van der Waals surface area contributed by atoms with E-state index in [0.717, 1.165) is 24.9 Å². The summed E-state index contributed by atoms with van der Waals surface area (Å²) in [6, 6.07) is 5.28. The van der Waals surface area contributed by atoms with Gasteiger partial charge in [0, 0.05) is 45.7 Å². The van der Waals surface area contributed by atoms with Crippen molar-refractivity contribution in [3.05, 3.63) is 23.8 Å². The Balaban J connectivity index is 2.03. The number of benzene rings is 1. The Bertz CT molecular complexity index is 745. The van der Waals surface area contributed by atoms with Gasteiger partial charge in [-0.05, 0) is 24.7 Å². The quantitative estimate of drug-likeness (QED) is 0.638. The summed E-state index contributed by atoms with van der Waals surface area (Å²) in [5.74, 6) is 1.11. The number of hydrogen-bond donors (Lipinski definition) is 0. The van der Waals surface area contributed by atoms with Crippen LogP contribution in [0.2, 0.25) is 0 Å². The smallest absolute Gasteiger partial charge is 0.223 e. The van der Waals surface area contributed by atoms with Gasteiger partial charge in [0.1, 0.15) is 0 Å². The van der Waals surface area contributed by atoms with Crippen LogP contribution in [0.25, 0.3) is 0 Å². The molecule has 1 fully saturated rings. The molecule has 1 aliphatic rings. The lowest BCUT2D eigenvalue weighted by molar-refractivity contribution is -0.132. The van der Waals surface area contributed by atoms with E-state index in [1.54, 1.807) is 30.2 Å². The van der Waals surface area contributed by atoms with E-state index in [0.29, 0.717) is 24.6 Å². The zero-order valence-electron chi connectivity index (χ0n) is 16.5. The van der Waals surface area contributed by atoms with Gasteiger partial charge in [-0.2, -0.15) is 4.31 Å². The predicted molar refractivity (Wildman–Crippen MR) is 103 cm³/mol. The lowest BCUT2D eigenvalue weighted by atomic mass is 10.2. The van der Waals surface area contributed by atoms with Crippen molar-refractivity contribution in [2.75, 3.05) is 60.2 Å². The van der Waals surface area contributed by atoms with Crippen molar-refractivity contribution in [2.45, 2.75) is 13.0 Å². The minimum absolute atomic E-state index is 0.0101. The molecule has 0 saturated carbocycles. The standard InChI is InChI=1S/C18H29N3O5S/c1-19-9-11-20(12-10-19)18(22)7-8-21(27(4,23)24)14-15-5-6-16(25-2)17(13-15)26-3/h5-6,13H,7-12,14H2,1-4H3. The second-order valence-corrected chi connectivity index (χ2v) is 8.70. The molecule has 0 radical (unpaired) electrons. The van der Waals surface area contributed by atoms with Crippen LogP contribution in [0.1, 0.15) is 12.0 Å². The fourth-order valence-corrected chi connectivity index (χ4v) is 3.79. The van der Waals surface area contributed by atoms with Gasteiger partial charge in [-0.3, -0.25) is 4.79 Å². The Morgan fingerprint density at radius 1 is 1.11 bits per heavy atom. The molecule has 8 nitrogen and oxygen atoms in total. The van der Waals surface area contributed by atoms with E-state index in [-0.39, 0.29) is 25.4 Å². The van der Waals surface area contributed by atoms with Gasteiger partial charge in [-0.25, -0.2) is 8.42 Å². The van der Waals surface area contributed by atoms with Crippen LogP contribution in [0.15, 0.2) is 18.2 Å². The molecule has 27 heavy (non-hydrogen) atoms. The highest BCUT2D eigenvalue weighted by molar-refractivity contribution is 7.88. The number of methoxy groups -OCH3 is 2. The van der Waals surface area contributed by atoms with Gasteiger partial charge in [0.2, 0.25) is 15.9 Å². The van der Waals surface area contributed by atoms with Crippen molar-refractivity contribution in [2.24, 2.45) is 0 Å². The number of amides is 1. The van der Waals surface area contributed by atoms with Crippen LogP contribution in [0.4, 0.5) is 0 Å². The van der Waals surface area contributed by atoms with Crippen LogP contribution in [0.3, 0.4) is 0 Å². The van der Waals surface area contributed by atoms with E-state index < -0.39 is 10.0 Å². The van der Waals surface area contributed by atoms with Crippen LogP contribution in [-0.2, 0) is 21.4 Å². The average molecular weight is 400 g/mol. The minimum Gasteiger partial charge on any atom is -0.493 e. The molecule has 1 aliphatic heterocycles. The number of sulfonamides is 1. The number of likely N-dealkylation sites (N-methyl/N-ethyl adjacent to an activating group) is 1. The van der Waals surface area contributed by atoms with Crippen molar-refractivity contribution in [1.29, 1.82) is 0 Å². The summed E-state index contributed by atoms with van der Waals surface area (Å²) in [6.07, 6.45) is 1.33. The molecule has 0 atom stereocenters. The van der Waals surface area contributed by atoms with Gasteiger partial charge in [-0.1, -0.05) is 6.07 Å². The molecule has 9 heteroatoms. The maximum atomic E-state index is 12.4. The molecule has 1 aromatic carbocycles. The normalized spacial score (nSPS) is 15.8. The Hall–Kier alpha value is -1.84. The number of piperazine rings is 1. The highest BCUT2D eigenvalue weighted by atomic mass is 32.2. The number of carbonyl (C=O) groups is 1. The molecule has 0 N–H and O–H groups in total. The molecule has 0 bridgehead atoms. The van der Waals surface area contributed by atoms with Crippen molar-refractivity contribution in [1.82, 2.24) is 14.1 Å². The number of carbonyl (C=O) groups excluding carboxylic acids is 1. The van der Waals surface area contributed by atoms with Gasteiger partial charge in [0.25, 0.3) is 0 Å². The summed E-state index contributed by atoms with van der Waals surface area (Å²) in [4.78, 5) is 16.4. The molecular formula is C18H29N3O5S. The van der Waals surface area contributed by atoms with Crippen LogP contribution < -0.4 is 9.47 Å². The maximum Gasteiger partial charge on any atom is 0.223 e. The monoisotopic (exact) mass is 399 g/mol. The molecule has 0 spiro atoms. The zero-order valence-corrected chi connectivity index (χ0v) is 17.3. The summed E-state index contributed by atoms with van der Waals surface area (Å²) in [5.41, 5.74) is 0.769. The van der Waals surface area contributed by atoms with Crippen LogP contribution in [0, 0.1) is 0 Å². The number of nitrogens with zero attached hydrogens (tertiary/aromatic N) is 3. The van der Waals surface area contributed by atoms with Crippen molar-refractivity contribution < 1.29 is 22.7 Å². The van der Waals surface area contributed by atoms with E-state index >= 15 is 0 Å². The average Bonchev–Trinajstić information content (AvgIpc) is 2.64. The largest absolute Gasteiger partial charge is 0.493 e. The highest BCUT2D eigenvalue weighted by Gasteiger charge is 2.23. The summed E-state index contributed by atoms with van der Waals surface area (Å²) in [7, 11) is 1.65. The molecule has 1 heterocycles. The Morgan fingerprint density at radius 3 is 2.30 bits per heavy atom. The Labute approximate surface area is 161 Å². The Kier molecular flexibility index (Phi) is 7.46. The van der Waals surface area contributed by atoms with E-state index in [9.17, 15) is 13.2 Å². The second-order valence-electron chi connectivity index (χ2n) is 6.72. The topological polar surface area (TPSA) is 79.4 Å². The molecular weight excluding hydrogens is 370 g/mol. The van der Waals surface area contributed by atoms with E-state index in [2.05, 4.69) is 4.90 Å². The molecule has 1 saturated heterocycles. The van der Waals surface area contributed by atoms with E-state index in [1.807, 2.05) is 7.05 Å². The molecule has 0 aromatic heterocycles. The third-order valence-electron chi connectivity index (χ3n) is 4.71. The second kappa shape index (κ2) is 9.38.